The summed E-state index contributed by atoms with van der Waals surface area (Å²) in [4.78, 5) is 38.2. The van der Waals surface area contributed by atoms with Crippen molar-refractivity contribution in [2.75, 3.05) is 11.2 Å². The van der Waals surface area contributed by atoms with E-state index in [1.165, 1.54) is 5.38 Å². The molecule has 116 valence electrons. The average molecular weight is 335 g/mol. The second-order valence-corrected chi connectivity index (χ2v) is 5.31. The molecule has 1 aromatic heterocycles. The van der Waals surface area contributed by atoms with Crippen LogP contribution < -0.4 is 5.32 Å². The minimum Gasteiger partial charge on any atom is -0.480 e. The maximum Gasteiger partial charge on any atom is 0.326 e. The summed E-state index contributed by atoms with van der Waals surface area (Å²) in [6.07, 6.45) is 0.194. The third-order valence-corrected chi connectivity index (χ3v) is 3.58. The molecule has 7 nitrogen and oxygen atoms in total. The summed E-state index contributed by atoms with van der Waals surface area (Å²) in [6.45, 7) is 3.49. The number of rotatable bonds is 7. The number of carboxylic acids is 1. The van der Waals surface area contributed by atoms with Gasteiger partial charge in [0.05, 0.1) is 11.8 Å². The number of hydrogen-bond acceptors (Lipinski definition) is 6. The highest BCUT2D eigenvalue weighted by atomic mass is 35.5. The number of carbonyl (C=O) groups excluding carboxylic acids is 2. The first-order valence-electron chi connectivity index (χ1n) is 6.13. The molecule has 21 heavy (non-hydrogen) atoms. The van der Waals surface area contributed by atoms with E-state index in [4.69, 9.17) is 16.3 Å². The molecule has 2 atom stereocenters. The fourth-order valence-electron chi connectivity index (χ4n) is 1.33. The van der Waals surface area contributed by atoms with Gasteiger partial charge in [-0.05, 0) is 13.3 Å². The molecule has 1 amide bonds. The van der Waals surface area contributed by atoms with Crippen molar-refractivity contribution in [2.45, 2.75) is 32.3 Å². The molecule has 1 aromatic rings. The number of halogens is 1. The van der Waals surface area contributed by atoms with Gasteiger partial charge in [0.15, 0.2) is 11.0 Å². The van der Waals surface area contributed by atoms with Crippen molar-refractivity contribution < 1.29 is 24.2 Å². The van der Waals surface area contributed by atoms with Gasteiger partial charge in [-0.25, -0.2) is 4.98 Å². The number of thiazole rings is 1. The van der Waals surface area contributed by atoms with Gasteiger partial charge in [-0.2, -0.15) is 0 Å². The molecular formula is C12H15ClN2O5S. The van der Waals surface area contributed by atoms with E-state index in [2.05, 4.69) is 10.3 Å². The number of aliphatic carboxylic acids is 1. The highest BCUT2D eigenvalue weighted by Crippen LogP contribution is 2.24. The van der Waals surface area contributed by atoms with Crippen molar-refractivity contribution in [3.05, 3.63) is 11.1 Å². The van der Waals surface area contributed by atoms with E-state index in [1.807, 2.05) is 6.92 Å². The van der Waals surface area contributed by atoms with Crippen LogP contribution in [0.5, 0.6) is 0 Å². The molecule has 1 rings (SSSR count). The van der Waals surface area contributed by atoms with Gasteiger partial charge in [0.25, 0.3) is 0 Å². The van der Waals surface area contributed by atoms with Crippen LogP contribution in [0.15, 0.2) is 5.38 Å². The number of nitrogens with zero attached hydrogens (tertiary/aromatic N) is 1. The topological polar surface area (TPSA) is 106 Å². The lowest BCUT2D eigenvalue weighted by atomic mass is 10.1. The van der Waals surface area contributed by atoms with Crippen molar-refractivity contribution in [1.82, 2.24) is 4.98 Å². The Bertz CT molecular complexity index is 533. The molecule has 0 aliphatic heterocycles. The maximum absolute atomic E-state index is 11.9. The van der Waals surface area contributed by atoms with E-state index >= 15 is 0 Å². The molecule has 0 aromatic carbocycles. The number of anilines is 1. The summed E-state index contributed by atoms with van der Waals surface area (Å²) in [5.41, 5.74) is 0.0191. The summed E-state index contributed by atoms with van der Waals surface area (Å²) >= 11 is 6.35. The lowest BCUT2D eigenvalue weighted by Crippen LogP contribution is -2.27. The fraction of sp³-hybridized carbons (Fsp3) is 0.500. The molecule has 0 aliphatic rings. The molecule has 0 aliphatic carbocycles. The van der Waals surface area contributed by atoms with Crippen molar-refractivity contribution >= 4 is 45.9 Å². The quantitative estimate of drug-likeness (QED) is 0.447. The number of nitrogens with one attached hydrogen (secondary N) is 1. The predicted octanol–water partition coefficient (Wildman–Crippen LogP) is 1.83. The van der Waals surface area contributed by atoms with Gasteiger partial charge in [-0.3, -0.25) is 14.4 Å². The largest absolute Gasteiger partial charge is 0.480 e. The van der Waals surface area contributed by atoms with Gasteiger partial charge >= 0.3 is 11.9 Å². The minimum atomic E-state index is -1.52. The molecule has 1 heterocycles. The smallest absolute Gasteiger partial charge is 0.326 e. The summed E-state index contributed by atoms with van der Waals surface area (Å²) < 4.78 is 5.03. The number of amides is 1. The van der Waals surface area contributed by atoms with Crippen LogP contribution in [-0.4, -0.2) is 39.9 Å². The van der Waals surface area contributed by atoms with E-state index in [0.717, 1.165) is 11.3 Å². The van der Waals surface area contributed by atoms with Crippen LogP contribution in [-0.2, 0) is 19.1 Å². The summed E-state index contributed by atoms with van der Waals surface area (Å²) in [5.74, 6) is -4.46. The molecule has 0 saturated carbocycles. The maximum atomic E-state index is 11.9. The molecule has 0 radical (unpaired) electrons. The highest BCUT2D eigenvalue weighted by molar-refractivity contribution is 7.14. The summed E-state index contributed by atoms with van der Waals surface area (Å²) in [6, 6.07) is 0. The summed E-state index contributed by atoms with van der Waals surface area (Å²) in [5, 5.41) is 13.1. The van der Waals surface area contributed by atoms with Crippen molar-refractivity contribution in [3.63, 3.8) is 0 Å². The van der Waals surface area contributed by atoms with Gasteiger partial charge in [-0.1, -0.05) is 6.92 Å². The lowest BCUT2D eigenvalue weighted by Gasteiger charge is -2.14. The molecule has 9 heteroatoms. The zero-order chi connectivity index (χ0) is 16.0. The molecule has 2 unspecified atom stereocenters. The Morgan fingerprint density at radius 1 is 1.52 bits per heavy atom. The number of hydrogen-bond donors (Lipinski definition) is 2. The van der Waals surface area contributed by atoms with Crippen LogP contribution in [0, 0.1) is 0 Å². The molecule has 0 fully saturated rings. The van der Waals surface area contributed by atoms with Crippen LogP contribution >= 0.6 is 22.9 Å². The van der Waals surface area contributed by atoms with Gasteiger partial charge < -0.3 is 15.2 Å². The van der Waals surface area contributed by atoms with E-state index < -0.39 is 23.8 Å². The minimum absolute atomic E-state index is 0.0191. The average Bonchev–Trinajstić information content (AvgIpc) is 2.85. The van der Waals surface area contributed by atoms with E-state index in [0.29, 0.717) is 6.42 Å². The van der Waals surface area contributed by atoms with E-state index in [9.17, 15) is 19.5 Å². The normalized spacial score (nSPS) is 13.3. The second kappa shape index (κ2) is 7.94. The fourth-order valence-corrected chi connectivity index (χ4v) is 2.15. The predicted molar refractivity (Wildman–Crippen MR) is 77.7 cm³/mol. The number of ether oxygens (including phenoxy) is 1. The molecule has 2 N–H and O–H groups in total. The molecular weight excluding hydrogens is 320 g/mol. The zero-order valence-electron chi connectivity index (χ0n) is 11.5. The number of aromatic nitrogens is 1. The number of carbonyl (C=O) groups is 3. The molecule has 0 saturated heterocycles. The number of esters is 1. The Morgan fingerprint density at radius 3 is 2.71 bits per heavy atom. The Hall–Kier alpha value is -1.67. The van der Waals surface area contributed by atoms with Gasteiger partial charge in [0.1, 0.15) is 5.88 Å². The first-order chi connectivity index (χ1) is 9.88. The van der Waals surface area contributed by atoms with Gasteiger partial charge in [0, 0.05) is 5.38 Å². The van der Waals surface area contributed by atoms with E-state index in [-0.39, 0.29) is 22.8 Å². The molecule has 0 spiro atoms. The van der Waals surface area contributed by atoms with Crippen LogP contribution in [0.25, 0.3) is 0 Å². The first kappa shape index (κ1) is 17.4. The Balaban J connectivity index is 2.89. The van der Waals surface area contributed by atoms with Crippen LogP contribution in [0.2, 0.25) is 0 Å². The molecule has 0 bridgehead atoms. The standard InChI is InChI=1S/C12H15ClN2O5S/c1-3-6(2)20-11(19)9(10(17)18)7-5-21-12(14-7)15-8(16)4-13/h5-6,9H,3-4H2,1-2H3,(H,17,18)(H,14,15,16). The van der Waals surface area contributed by atoms with Crippen molar-refractivity contribution in [3.8, 4) is 0 Å². The third kappa shape index (κ3) is 4.98. The Kier molecular flexibility index (Phi) is 6.57. The van der Waals surface area contributed by atoms with E-state index in [1.54, 1.807) is 6.92 Å². The highest BCUT2D eigenvalue weighted by Gasteiger charge is 2.33. The summed E-state index contributed by atoms with van der Waals surface area (Å²) in [7, 11) is 0. The lowest BCUT2D eigenvalue weighted by molar-refractivity contribution is -0.157. The zero-order valence-corrected chi connectivity index (χ0v) is 13.0. The monoisotopic (exact) mass is 334 g/mol. The van der Waals surface area contributed by atoms with Gasteiger partial charge in [-0.15, -0.1) is 22.9 Å². The van der Waals surface area contributed by atoms with Gasteiger partial charge in [0.2, 0.25) is 5.91 Å². The SMILES string of the molecule is CCC(C)OC(=O)C(C(=O)O)c1csc(NC(=O)CCl)n1. The van der Waals surface area contributed by atoms with Crippen molar-refractivity contribution in [2.24, 2.45) is 0 Å². The van der Waals surface area contributed by atoms with Crippen molar-refractivity contribution in [1.29, 1.82) is 0 Å². The van der Waals surface area contributed by atoms with Crippen LogP contribution in [0.3, 0.4) is 0 Å². The first-order valence-corrected chi connectivity index (χ1v) is 7.55. The third-order valence-electron chi connectivity index (χ3n) is 2.56. The van der Waals surface area contributed by atoms with Crippen LogP contribution in [0.4, 0.5) is 5.13 Å². The Labute approximate surface area is 130 Å². The number of carboxylic acid groups (broad SMARTS) is 1. The second-order valence-electron chi connectivity index (χ2n) is 4.19. The van der Waals surface area contributed by atoms with Crippen LogP contribution in [0.1, 0.15) is 31.9 Å². The Morgan fingerprint density at radius 2 is 2.19 bits per heavy atom. The number of alkyl halides is 1.